The average Bonchev–Trinajstić information content (AvgIpc) is 2.73. The third-order valence-corrected chi connectivity index (χ3v) is 3.96. The summed E-state index contributed by atoms with van der Waals surface area (Å²) in [6.45, 7) is 0. The molecule has 3 rings (SSSR count). The molecule has 0 radical (unpaired) electrons. The van der Waals surface area contributed by atoms with Crippen LogP contribution in [0.2, 0.25) is 0 Å². The zero-order valence-corrected chi connectivity index (χ0v) is 15.1. The smallest absolute Gasteiger partial charge is 0.337 e. The van der Waals surface area contributed by atoms with Gasteiger partial charge in [-0.15, -0.1) is 0 Å². The number of benzene rings is 2. The van der Waals surface area contributed by atoms with Gasteiger partial charge < -0.3 is 14.8 Å². The van der Waals surface area contributed by atoms with E-state index in [9.17, 15) is 14.9 Å². The van der Waals surface area contributed by atoms with Crippen molar-refractivity contribution in [3.05, 3.63) is 70.0 Å². The molecule has 8 nitrogen and oxygen atoms in total. The molecular formula is C20H16N4O4. The first-order chi connectivity index (χ1) is 13.5. The van der Waals surface area contributed by atoms with E-state index in [1.165, 1.54) is 7.11 Å². The van der Waals surface area contributed by atoms with E-state index in [-0.39, 0.29) is 17.2 Å². The summed E-state index contributed by atoms with van der Waals surface area (Å²) in [7, 11) is 2.86. The molecule has 1 aromatic heterocycles. The topological polar surface area (TPSA) is 117 Å². The molecule has 1 heterocycles. The molecule has 3 aromatic rings. The lowest BCUT2D eigenvalue weighted by Crippen LogP contribution is -2.16. The van der Waals surface area contributed by atoms with Gasteiger partial charge in [0.2, 0.25) is 5.95 Å². The summed E-state index contributed by atoms with van der Waals surface area (Å²) < 4.78 is 9.78. The number of aromatic amines is 1. The summed E-state index contributed by atoms with van der Waals surface area (Å²) in [6, 6.07) is 15.2. The Morgan fingerprint density at radius 2 is 1.79 bits per heavy atom. The van der Waals surface area contributed by atoms with Gasteiger partial charge in [-0.25, -0.2) is 9.78 Å². The molecule has 0 aliphatic heterocycles. The number of anilines is 2. The van der Waals surface area contributed by atoms with E-state index in [1.54, 1.807) is 55.6 Å². The number of carbonyl (C=O) groups is 1. The van der Waals surface area contributed by atoms with E-state index in [2.05, 4.69) is 20.0 Å². The third-order valence-electron chi connectivity index (χ3n) is 3.96. The molecule has 140 valence electrons. The highest BCUT2D eigenvalue weighted by Gasteiger charge is 2.14. The molecule has 0 bridgehead atoms. The molecule has 2 N–H and O–H groups in total. The van der Waals surface area contributed by atoms with Gasteiger partial charge in [0, 0.05) is 11.3 Å². The first kappa shape index (κ1) is 18.7. The van der Waals surface area contributed by atoms with Gasteiger partial charge in [0.1, 0.15) is 17.4 Å². The van der Waals surface area contributed by atoms with Crippen LogP contribution in [0.25, 0.3) is 11.3 Å². The zero-order chi connectivity index (χ0) is 20.1. The van der Waals surface area contributed by atoms with Crippen LogP contribution in [0, 0.1) is 11.3 Å². The van der Waals surface area contributed by atoms with Crippen molar-refractivity contribution in [1.82, 2.24) is 9.97 Å². The maximum absolute atomic E-state index is 12.3. The minimum absolute atomic E-state index is 0.0863. The van der Waals surface area contributed by atoms with E-state index in [0.29, 0.717) is 22.6 Å². The number of nitrogens with one attached hydrogen (secondary N) is 2. The van der Waals surface area contributed by atoms with Crippen LogP contribution in [0.5, 0.6) is 5.75 Å². The highest BCUT2D eigenvalue weighted by molar-refractivity contribution is 5.89. The van der Waals surface area contributed by atoms with Crippen molar-refractivity contribution in [2.45, 2.75) is 0 Å². The lowest BCUT2D eigenvalue weighted by Gasteiger charge is -2.10. The van der Waals surface area contributed by atoms with Crippen molar-refractivity contribution in [3.63, 3.8) is 0 Å². The van der Waals surface area contributed by atoms with Crippen LogP contribution in [0.4, 0.5) is 11.6 Å². The first-order valence-electron chi connectivity index (χ1n) is 8.20. The van der Waals surface area contributed by atoms with Crippen LogP contribution in [0.15, 0.2) is 53.3 Å². The van der Waals surface area contributed by atoms with Crippen LogP contribution in [0.3, 0.4) is 0 Å². The monoisotopic (exact) mass is 376 g/mol. The van der Waals surface area contributed by atoms with Crippen molar-refractivity contribution in [2.75, 3.05) is 19.5 Å². The fourth-order valence-corrected chi connectivity index (χ4v) is 2.54. The molecule has 0 saturated heterocycles. The molecule has 0 fully saturated rings. The first-order valence-corrected chi connectivity index (χ1v) is 8.20. The minimum Gasteiger partial charge on any atom is -0.497 e. The van der Waals surface area contributed by atoms with Crippen molar-refractivity contribution < 1.29 is 14.3 Å². The Labute approximate surface area is 160 Å². The van der Waals surface area contributed by atoms with Crippen molar-refractivity contribution in [1.29, 1.82) is 5.26 Å². The maximum Gasteiger partial charge on any atom is 0.337 e. The molecule has 0 aliphatic rings. The lowest BCUT2D eigenvalue weighted by molar-refractivity contribution is 0.0601. The van der Waals surface area contributed by atoms with Crippen LogP contribution in [0.1, 0.15) is 15.9 Å². The SMILES string of the molecule is COC(=O)c1ccc(Nc2nc(-c3ccc(OC)cc3)c(C#N)c(=O)[nH]2)cc1. The van der Waals surface area contributed by atoms with E-state index in [1.807, 2.05) is 6.07 Å². The molecule has 2 aromatic carbocycles. The van der Waals surface area contributed by atoms with Crippen molar-refractivity contribution in [3.8, 4) is 23.1 Å². The van der Waals surface area contributed by atoms with Crippen LogP contribution in [-0.2, 0) is 4.74 Å². The second-order valence-corrected chi connectivity index (χ2v) is 5.67. The summed E-state index contributed by atoms with van der Waals surface area (Å²) in [5.74, 6) is 0.370. The molecule has 0 aliphatic carbocycles. The van der Waals surface area contributed by atoms with Gasteiger partial charge in [-0.3, -0.25) is 9.78 Å². The van der Waals surface area contributed by atoms with E-state index < -0.39 is 11.5 Å². The molecule has 28 heavy (non-hydrogen) atoms. The summed E-state index contributed by atoms with van der Waals surface area (Å²) >= 11 is 0. The minimum atomic E-state index is -0.558. The molecular weight excluding hydrogens is 360 g/mol. The van der Waals surface area contributed by atoms with Gasteiger partial charge in [0.15, 0.2) is 0 Å². The second kappa shape index (κ2) is 8.05. The summed E-state index contributed by atoms with van der Waals surface area (Å²) in [5, 5.41) is 12.3. The summed E-state index contributed by atoms with van der Waals surface area (Å²) in [6.07, 6.45) is 0. The Balaban J connectivity index is 1.96. The number of ether oxygens (including phenoxy) is 2. The molecule has 0 spiro atoms. The third kappa shape index (κ3) is 3.83. The molecule has 0 atom stereocenters. The number of hydrogen-bond acceptors (Lipinski definition) is 7. The summed E-state index contributed by atoms with van der Waals surface area (Å²) in [5.41, 5.74) is 1.21. The number of H-pyrrole nitrogens is 1. The fourth-order valence-electron chi connectivity index (χ4n) is 2.54. The molecule has 8 heteroatoms. The Morgan fingerprint density at radius 1 is 1.11 bits per heavy atom. The van der Waals surface area contributed by atoms with Gasteiger partial charge >= 0.3 is 5.97 Å². The number of aromatic nitrogens is 2. The Kier molecular flexibility index (Phi) is 5.37. The Hall–Kier alpha value is -4.12. The second-order valence-electron chi connectivity index (χ2n) is 5.67. The number of methoxy groups -OCH3 is 2. The maximum atomic E-state index is 12.3. The van der Waals surface area contributed by atoms with Crippen LogP contribution in [-0.4, -0.2) is 30.2 Å². The van der Waals surface area contributed by atoms with E-state index in [4.69, 9.17) is 4.74 Å². The zero-order valence-electron chi connectivity index (χ0n) is 15.1. The quantitative estimate of drug-likeness (QED) is 0.658. The Morgan fingerprint density at radius 3 is 2.36 bits per heavy atom. The van der Waals surface area contributed by atoms with Gasteiger partial charge in [-0.05, 0) is 48.5 Å². The van der Waals surface area contributed by atoms with Gasteiger partial charge in [0.25, 0.3) is 5.56 Å². The predicted octanol–water partition coefficient (Wildman–Crippen LogP) is 2.85. The number of hydrogen-bond donors (Lipinski definition) is 2. The molecule has 0 saturated carbocycles. The standard InChI is InChI=1S/C20H16N4O4/c1-27-15-9-5-12(6-10-15)17-16(11-21)18(25)24-20(23-17)22-14-7-3-13(4-8-14)19(26)28-2/h3-10H,1-2H3,(H2,22,23,24,25). The highest BCUT2D eigenvalue weighted by atomic mass is 16.5. The van der Waals surface area contributed by atoms with E-state index in [0.717, 1.165) is 0 Å². The number of rotatable bonds is 5. The highest BCUT2D eigenvalue weighted by Crippen LogP contribution is 2.24. The molecule has 0 unspecified atom stereocenters. The largest absolute Gasteiger partial charge is 0.497 e. The number of esters is 1. The van der Waals surface area contributed by atoms with Crippen molar-refractivity contribution in [2.24, 2.45) is 0 Å². The Bertz CT molecular complexity index is 1100. The average molecular weight is 376 g/mol. The lowest BCUT2D eigenvalue weighted by atomic mass is 10.1. The summed E-state index contributed by atoms with van der Waals surface area (Å²) in [4.78, 5) is 30.7. The number of carbonyl (C=O) groups excluding carboxylic acids is 1. The van der Waals surface area contributed by atoms with Gasteiger partial charge in [-0.1, -0.05) is 0 Å². The number of nitriles is 1. The van der Waals surface area contributed by atoms with Gasteiger partial charge in [-0.2, -0.15) is 5.26 Å². The fraction of sp³-hybridized carbons (Fsp3) is 0.100. The van der Waals surface area contributed by atoms with Gasteiger partial charge in [0.05, 0.1) is 25.5 Å². The van der Waals surface area contributed by atoms with Crippen LogP contribution < -0.4 is 15.6 Å². The molecule has 0 amide bonds. The van der Waals surface area contributed by atoms with Crippen molar-refractivity contribution >= 4 is 17.6 Å². The van der Waals surface area contributed by atoms with Crippen LogP contribution >= 0.6 is 0 Å². The predicted molar refractivity (Wildman–Crippen MR) is 103 cm³/mol. The normalized spacial score (nSPS) is 10.0. The number of nitrogens with zero attached hydrogens (tertiary/aromatic N) is 2. The van der Waals surface area contributed by atoms with E-state index >= 15 is 0 Å².